The van der Waals surface area contributed by atoms with Crippen molar-refractivity contribution >= 4 is 11.5 Å². The van der Waals surface area contributed by atoms with E-state index in [1.165, 1.54) is 5.69 Å². The van der Waals surface area contributed by atoms with Gasteiger partial charge in [0.2, 0.25) is 0 Å². The number of likely N-dealkylation sites (N-methyl/N-ethyl adjacent to an activating group) is 1. The van der Waals surface area contributed by atoms with Gasteiger partial charge in [-0.25, -0.2) is 0 Å². The van der Waals surface area contributed by atoms with Gasteiger partial charge in [-0.05, 0) is 51.2 Å². The third-order valence-electron chi connectivity index (χ3n) is 5.06. The topological polar surface area (TPSA) is 35.6 Å². The van der Waals surface area contributed by atoms with E-state index in [4.69, 9.17) is 0 Å². The second-order valence-electron chi connectivity index (χ2n) is 6.25. The molecule has 0 amide bonds. The summed E-state index contributed by atoms with van der Waals surface area (Å²) in [5.41, 5.74) is 1.63. The van der Waals surface area contributed by atoms with Gasteiger partial charge in [-0.2, -0.15) is 0 Å². The number of anilines is 1. The van der Waals surface area contributed by atoms with E-state index >= 15 is 0 Å². The number of Topliss-reactive ketones (excluding diaryl/α,β-unsaturated/α-hetero) is 1. The highest BCUT2D eigenvalue weighted by Gasteiger charge is 2.37. The highest BCUT2D eigenvalue weighted by molar-refractivity contribution is 6.03. The molecule has 1 saturated heterocycles. The fourth-order valence-corrected chi connectivity index (χ4v) is 3.42. The highest BCUT2D eigenvalue weighted by Crippen LogP contribution is 2.27. The molecule has 22 heavy (non-hydrogen) atoms. The van der Waals surface area contributed by atoms with Crippen molar-refractivity contribution in [2.24, 2.45) is 0 Å². The van der Waals surface area contributed by atoms with Crippen LogP contribution in [0.5, 0.6) is 0 Å². The summed E-state index contributed by atoms with van der Waals surface area (Å²) >= 11 is 0. The van der Waals surface area contributed by atoms with Crippen LogP contribution in [0.3, 0.4) is 0 Å². The summed E-state index contributed by atoms with van der Waals surface area (Å²) in [6, 6.07) is 8.15. The second kappa shape index (κ2) is 7.25. The number of benzene rings is 1. The van der Waals surface area contributed by atoms with Crippen molar-refractivity contribution < 1.29 is 4.79 Å². The molecule has 0 spiro atoms. The smallest absolute Gasteiger partial charge is 0.183 e. The zero-order valence-electron chi connectivity index (χ0n) is 14.4. The number of rotatable bonds is 6. The molecule has 1 aliphatic heterocycles. The van der Waals surface area contributed by atoms with Crippen molar-refractivity contribution in [2.45, 2.75) is 32.2 Å². The van der Waals surface area contributed by atoms with Gasteiger partial charge < -0.3 is 10.2 Å². The van der Waals surface area contributed by atoms with Gasteiger partial charge in [0.05, 0.1) is 5.54 Å². The molecular formula is C18H29N3O. The molecule has 1 aromatic carbocycles. The maximum absolute atomic E-state index is 13.0. The molecule has 2 rings (SSSR count). The van der Waals surface area contributed by atoms with Crippen LogP contribution in [-0.2, 0) is 0 Å². The Hall–Kier alpha value is -1.39. The van der Waals surface area contributed by atoms with Crippen LogP contribution in [0.4, 0.5) is 5.69 Å². The lowest BCUT2D eigenvalue weighted by Gasteiger charge is -2.37. The summed E-state index contributed by atoms with van der Waals surface area (Å²) < 4.78 is 0. The molecular weight excluding hydrogens is 274 g/mol. The van der Waals surface area contributed by atoms with Crippen LogP contribution >= 0.6 is 0 Å². The Morgan fingerprint density at radius 3 is 2.14 bits per heavy atom. The summed E-state index contributed by atoms with van der Waals surface area (Å²) in [6.07, 6.45) is 1.66. The zero-order valence-corrected chi connectivity index (χ0v) is 14.4. The van der Waals surface area contributed by atoms with Crippen LogP contribution in [-0.4, -0.2) is 56.5 Å². The Labute approximate surface area is 134 Å². The molecule has 1 heterocycles. The molecule has 0 aromatic heterocycles. The maximum atomic E-state index is 13.0. The maximum Gasteiger partial charge on any atom is 0.183 e. The lowest BCUT2D eigenvalue weighted by molar-refractivity contribution is 0.0656. The normalized spacial score (nSPS) is 16.1. The third-order valence-corrected chi connectivity index (χ3v) is 5.06. The Morgan fingerprint density at radius 2 is 1.68 bits per heavy atom. The molecule has 122 valence electrons. The first-order valence-electron chi connectivity index (χ1n) is 8.33. The number of hydrogen-bond acceptors (Lipinski definition) is 4. The average molecular weight is 303 g/mol. The molecule has 0 aliphatic carbocycles. The molecule has 1 aliphatic rings. The largest absolute Gasteiger partial charge is 0.369 e. The molecule has 1 fully saturated rings. The minimum atomic E-state index is -0.392. The Morgan fingerprint density at radius 1 is 1.14 bits per heavy atom. The molecule has 0 atom stereocenters. The number of hydrogen-bond donors (Lipinski definition) is 1. The van der Waals surface area contributed by atoms with Crippen LogP contribution in [0.15, 0.2) is 24.3 Å². The van der Waals surface area contributed by atoms with E-state index in [-0.39, 0.29) is 5.78 Å². The van der Waals surface area contributed by atoms with Crippen molar-refractivity contribution in [3.63, 3.8) is 0 Å². The first kappa shape index (κ1) is 17.0. The Balaban J connectivity index is 2.20. The van der Waals surface area contributed by atoms with E-state index in [1.54, 1.807) is 0 Å². The van der Waals surface area contributed by atoms with Gasteiger partial charge >= 0.3 is 0 Å². The average Bonchev–Trinajstić information content (AvgIpc) is 2.57. The molecule has 1 N–H and O–H groups in total. The number of piperazine rings is 1. The summed E-state index contributed by atoms with van der Waals surface area (Å²) in [6.45, 7) is 8.29. The van der Waals surface area contributed by atoms with Gasteiger partial charge in [-0.1, -0.05) is 13.8 Å². The third kappa shape index (κ3) is 3.18. The molecule has 0 unspecified atom stereocenters. The molecule has 4 heteroatoms. The van der Waals surface area contributed by atoms with Crippen LogP contribution < -0.4 is 10.2 Å². The van der Waals surface area contributed by atoms with Gasteiger partial charge in [0.25, 0.3) is 0 Å². The van der Waals surface area contributed by atoms with E-state index in [2.05, 4.69) is 41.1 Å². The fraction of sp³-hybridized carbons (Fsp3) is 0.611. The molecule has 0 bridgehead atoms. The summed E-state index contributed by atoms with van der Waals surface area (Å²) in [7, 11) is 4.00. The first-order valence-corrected chi connectivity index (χ1v) is 8.33. The van der Waals surface area contributed by atoms with Gasteiger partial charge in [0, 0.05) is 37.4 Å². The van der Waals surface area contributed by atoms with Gasteiger partial charge in [-0.3, -0.25) is 9.69 Å². The van der Waals surface area contributed by atoms with Crippen molar-refractivity contribution in [1.29, 1.82) is 0 Å². The van der Waals surface area contributed by atoms with Crippen molar-refractivity contribution in [3.8, 4) is 0 Å². The number of carbonyl (C=O) groups is 1. The first-order chi connectivity index (χ1) is 10.5. The number of nitrogens with zero attached hydrogens (tertiary/aromatic N) is 2. The number of nitrogens with one attached hydrogen (secondary N) is 1. The molecule has 0 saturated carbocycles. The van der Waals surface area contributed by atoms with Crippen molar-refractivity contribution in [1.82, 2.24) is 10.2 Å². The predicted molar refractivity (Wildman–Crippen MR) is 92.9 cm³/mol. The van der Waals surface area contributed by atoms with Crippen LogP contribution in [0.25, 0.3) is 0 Å². The Bertz CT molecular complexity index is 486. The van der Waals surface area contributed by atoms with E-state index in [0.29, 0.717) is 0 Å². The highest BCUT2D eigenvalue weighted by atomic mass is 16.1. The Kier molecular flexibility index (Phi) is 5.59. The standard InChI is InChI=1S/C18H29N3O/c1-5-18(6-2,20(3)4)17(22)15-7-9-16(10-8-15)21-13-11-19-12-14-21/h7-10,19H,5-6,11-14H2,1-4H3. The van der Waals surface area contributed by atoms with Gasteiger partial charge in [0.1, 0.15) is 0 Å². The number of ketones is 1. The minimum Gasteiger partial charge on any atom is -0.369 e. The van der Waals surface area contributed by atoms with Gasteiger partial charge in [0.15, 0.2) is 5.78 Å². The molecule has 1 aromatic rings. The summed E-state index contributed by atoms with van der Waals surface area (Å²) in [4.78, 5) is 17.4. The number of carbonyl (C=O) groups excluding carboxylic acids is 1. The van der Waals surface area contributed by atoms with Crippen molar-refractivity contribution in [2.75, 3.05) is 45.2 Å². The minimum absolute atomic E-state index is 0.231. The molecule has 4 nitrogen and oxygen atoms in total. The summed E-state index contributed by atoms with van der Waals surface area (Å²) in [5, 5.41) is 3.36. The van der Waals surface area contributed by atoms with Gasteiger partial charge in [-0.15, -0.1) is 0 Å². The summed E-state index contributed by atoms with van der Waals surface area (Å²) in [5.74, 6) is 0.231. The second-order valence-corrected chi connectivity index (χ2v) is 6.25. The van der Waals surface area contributed by atoms with E-state index in [1.807, 2.05) is 26.2 Å². The van der Waals surface area contributed by atoms with E-state index in [9.17, 15) is 4.79 Å². The van der Waals surface area contributed by atoms with Crippen LogP contribution in [0, 0.1) is 0 Å². The van der Waals surface area contributed by atoms with Crippen molar-refractivity contribution in [3.05, 3.63) is 29.8 Å². The van der Waals surface area contributed by atoms with Crippen LogP contribution in [0.1, 0.15) is 37.0 Å². The lowest BCUT2D eigenvalue weighted by atomic mass is 9.83. The molecule has 0 radical (unpaired) electrons. The monoisotopic (exact) mass is 303 g/mol. The van der Waals surface area contributed by atoms with E-state index in [0.717, 1.165) is 44.6 Å². The SMILES string of the molecule is CCC(CC)(C(=O)c1ccc(N2CCNCC2)cc1)N(C)C. The zero-order chi connectivity index (χ0) is 16.2. The quantitative estimate of drug-likeness (QED) is 0.819. The van der Waals surface area contributed by atoms with Crippen LogP contribution in [0.2, 0.25) is 0 Å². The lowest BCUT2D eigenvalue weighted by Crippen LogP contribution is -2.50. The predicted octanol–water partition coefficient (Wildman–Crippen LogP) is 2.40. The van der Waals surface area contributed by atoms with E-state index < -0.39 is 5.54 Å². The fourth-order valence-electron chi connectivity index (χ4n) is 3.42.